The van der Waals surface area contributed by atoms with Gasteiger partial charge in [-0.05, 0) is 5.92 Å². The number of carbonyl (C=O) groups is 1. The Labute approximate surface area is 103 Å². The third kappa shape index (κ3) is 3.01. The molecule has 0 heterocycles. The average molecular weight is 261 g/mol. The monoisotopic (exact) mass is 261 g/mol. The van der Waals surface area contributed by atoms with Gasteiger partial charge in [0.15, 0.2) is 11.6 Å². The van der Waals surface area contributed by atoms with Crippen LogP contribution in [0.3, 0.4) is 0 Å². The number of nitrogens with one attached hydrogen (secondary N) is 1. The first-order valence-corrected chi connectivity index (χ1v) is 5.34. The van der Waals surface area contributed by atoms with Crippen molar-refractivity contribution in [1.82, 2.24) is 0 Å². The number of ether oxygens (including phenoxy) is 1. The maximum atomic E-state index is 13.6. The van der Waals surface area contributed by atoms with Crippen molar-refractivity contribution in [3.63, 3.8) is 0 Å². The molecular formula is C12H14F3NO2. The third-order valence-corrected chi connectivity index (χ3v) is 2.32. The Kier molecular flexibility index (Phi) is 4.72. The minimum atomic E-state index is -1.28. The molecule has 6 heteroatoms. The van der Waals surface area contributed by atoms with E-state index in [-0.39, 0.29) is 17.9 Å². The summed E-state index contributed by atoms with van der Waals surface area (Å²) in [6.45, 7) is 2.85. The first-order valence-electron chi connectivity index (χ1n) is 5.34. The Hall–Kier alpha value is -1.56. The lowest BCUT2D eigenvalue weighted by atomic mass is 9.99. The molecule has 1 N–H and O–H groups in total. The molecule has 0 atom stereocenters. The lowest BCUT2D eigenvalue weighted by Gasteiger charge is -2.16. The highest BCUT2D eigenvalue weighted by Gasteiger charge is 2.22. The van der Waals surface area contributed by atoms with Gasteiger partial charge < -0.3 is 10.1 Å². The van der Waals surface area contributed by atoms with Crippen LogP contribution in [0.15, 0.2) is 6.07 Å². The van der Waals surface area contributed by atoms with E-state index in [1.165, 1.54) is 7.11 Å². The predicted molar refractivity (Wildman–Crippen MR) is 60.9 cm³/mol. The molecule has 0 aliphatic heterocycles. The molecule has 0 saturated carbocycles. The van der Waals surface area contributed by atoms with Crippen LogP contribution in [-0.2, 0) is 9.53 Å². The quantitative estimate of drug-likeness (QED) is 0.846. The van der Waals surface area contributed by atoms with E-state index >= 15 is 0 Å². The van der Waals surface area contributed by atoms with Crippen molar-refractivity contribution in [2.75, 3.05) is 19.0 Å². The van der Waals surface area contributed by atoms with Crippen LogP contribution in [0.2, 0.25) is 0 Å². The van der Waals surface area contributed by atoms with E-state index in [9.17, 15) is 18.0 Å². The number of halogens is 3. The van der Waals surface area contributed by atoms with Gasteiger partial charge in [-0.15, -0.1) is 0 Å². The summed E-state index contributed by atoms with van der Waals surface area (Å²) < 4.78 is 44.9. The first kappa shape index (κ1) is 14.5. The molecule has 0 fully saturated rings. The van der Waals surface area contributed by atoms with Gasteiger partial charge in [0.25, 0.3) is 0 Å². The maximum Gasteiger partial charge on any atom is 0.250 e. The largest absolute Gasteiger partial charge is 0.375 e. The summed E-state index contributed by atoms with van der Waals surface area (Å²) in [5.41, 5.74) is -0.539. The number of benzene rings is 1. The minimum Gasteiger partial charge on any atom is -0.375 e. The number of methoxy groups -OCH3 is 1. The Morgan fingerprint density at radius 2 is 1.94 bits per heavy atom. The number of anilines is 1. The molecule has 1 aromatic rings. The van der Waals surface area contributed by atoms with Crippen LogP contribution in [0.25, 0.3) is 0 Å². The molecule has 1 aromatic carbocycles. The third-order valence-electron chi connectivity index (χ3n) is 2.32. The fraction of sp³-hybridized carbons (Fsp3) is 0.417. The summed E-state index contributed by atoms with van der Waals surface area (Å²) in [5.74, 6) is -4.56. The Morgan fingerprint density at radius 3 is 2.44 bits per heavy atom. The lowest BCUT2D eigenvalue weighted by molar-refractivity contribution is -0.119. The number of carbonyl (C=O) groups excluding carboxylic acids is 1. The molecule has 1 rings (SSSR count). The van der Waals surface area contributed by atoms with E-state index in [0.717, 1.165) is 0 Å². The molecule has 0 aromatic heterocycles. The van der Waals surface area contributed by atoms with E-state index in [4.69, 9.17) is 0 Å². The number of rotatable bonds is 4. The van der Waals surface area contributed by atoms with Gasteiger partial charge in [-0.25, -0.2) is 13.2 Å². The van der Waals surface area contributed by atoms with Gasteiger partial charge in [-0.1, -0.05) is 13.8 Å². The Balaban J connectivity index is 3.24. The van der Waals surface area contributed by atoms with E-state index in [2.05, 4.69) is 10.1 Å². The summed E-state index contributed by atoms with van der Waals surface area (Å²) in [6, 6.07) is 0.406. The second-order valence-corrected chi connectivity index (χ2v) is 4.08. The lowest BCUT2D eigenvalue weighted by Crippen LogP contribution is -2.20. The first-order chi connectivity index (χ1) is 8.38. The summed E-state index contributed by atoms with van der Waals surface area (Å²) in [6.07, 6.45) is 0. The van der Waals surface area contributed by atoms with Crippen LogP contribution < -0.4 is 5.32 Å². The fourth-order valence-electron chi connectivity index (χ4n) is 1.59. The van der Waals surface area contributed by atoms with E-state index in [1.54, 1.807) is 13.8 Å². The van der Waals surface area contributed by atoms with Crippen molar-refractivity contribution in [3.8, 4) is 0 Å². The van der Waals surface area contributed by atoms with Gasteiger partial charge in [0.05, 0.1) is 5.69 Å². The van der Waals surface area contributed by atoms with Crippen molar-refractivity contribution >= 4 is 11.6 Å². The number of hydrogen-bond donors (Lipinski definition) is 1. The molecule has 1 amide bonds. The molecule has 100 valence electrons. The highest BCUT2D eigenvalue weighted by Crippen LogP contribution is 2.31. The maximum absolute atomic E-state index is 13.6. The molecule has 0 saturated heterocycles. The molecule has 0 aliphatic rings. The zero-order chi connectivity index (χ0) is 13.9. The van der Waals surface area contributed by atoms with Crippen molar-refractivity contribution in [2.24, 2.45) is 0 Å². The van der Waals surface area contributed by atoms with Crippen molar-refractivity contribution in [1.29, 1.82) is 0 Å². The van der Waals surface area contributed by atoms with Crippen LogP contribution in [0.4, 0.5) is 18.9 Å². The number of hydrogen-bond acceptors (Lipinski definition) is 2. The van der Waals surface area contributed by atoms with E-state index < -0.39 is 29.3 Å². The Morgan fingerprint density at radius 1 is 1.33 bits per heavy atom. The second-order valence-electron chi connectivity index (χ2n) is 4.08. The fourth-order valence-corrected chi connectivity index (χ4v) is 1.59. The minimum absolute atomic E-state index is 0.197. The zero-order valence-electron chi connectivity index (χ0n) is 10.3. The van der Waals surface area contributed by atoms with Crippen molar-refractivity contribution in [2.45, 2.75) is 19.8 Å². The van der Waals surface area contributed by atoms with Crippen molar-refractivity contribution in [3.05, 3.63) is 29.1 Å². The SMILES string of the molecule is COCC(=O)Nc1c(F)cc(F)c(F)c1C(C)C. The van der Waals surface area contributed by atoms with Crippen LogP contribution in [0.5, 0.6) is 0 Å². The van der Waals surface area contributed by atoms with Crippen LogP contribution >= 0.6 is 0 Å². The molecule has 18 heavy (non-hydrogen) atoms. The van der Waals surface area contributed by atoms with Gasteiger partial charge >= 0.3 is 0 Å². The number of amides is 1. The second kappa shape index (κ2) is 5.86. The summed E-state index contributed by atoms with van der Waals surface area (Å²) >= 11 is 0. The standard InChI is InChI=1S/C12H14F3NO2/c1-6(2)10-11(15)7(13)4-8(14)12(10)16-9(17)5-18-3/h4,6H,5H2,1-3H3,(H,16,17). The molecular weight excluding hydrogens is 247 g/mol. The molecule has 0 aliphatic carbocycles. The summed E-state index contributed by atoms with van der Waals surface area (Å²) in [7, 11) is 1.30. The summed E-state index contributed by atoms with van der Waals surface area (Å²) in [5, 5.41) is 2.18. The average Bonchev–Trinajstić information content (AvgIpc) is 2.25. The van der Waals surface area contributed by atoms with Gasteiger partial charge in [0.1, 0.15) is 12.4 Å². The Bertz CT molecular complexity index is 461. The summed E-state index contributed by atoms with van der Waals surface area (Å²) in [4.78, 5) is 11.3. The normalized spacial score (nSPS) is 10.8. The van der Waals surface area contributed by atoms with Crippen LogP contribution in [-0.4, -0.2) is 19.6 Å². The highest BCUT2D eigenvalue weighted by molar-refractivity contribution is 5.92. The van der Waals surface area contributed by atoms with Crippen LogP contribution in [0, 0.1) is 17.5 Å². The van der Waals surface area contributed by atoms with Crippen LogP contribution in [0.1, 0.15) is 25.3 Å². The highest BCUT2D eigenvalue weighted by atomic mass is 19.2. The molecule has 3 nitrogen and oxygen atoms in total. The van der Waals surface area contributed by atoms with E-state index in [1.807, 2.05) is 0 Å². The van der Waals surface area contributed by atoms with Gasteiger partial charge in [-0.2, -0.15) is 0 Å². The smallest absolute Gasteiger partial charge is 0.250 e. The van der Waals surface area contributed by atoms with Gasteiger partial charge in [0.2, 0.25) is 5.91 Å². The molecule has 0 bridgehead atoms. The van der Waals surface area contributed by atoms with E-state index in [0.29, 0.717) is 6.07 Å². The van der Waals surface area contributed by atoms with Gasteiger partial charge in [-0.3, -0.25) is 4.79 Å². The topological polar surface area (TPSA) is 38.3 Å². The van der Waals surface area contributed by atoms with Gasteiger partial charge in [0, 0.05) is 18.7 Å². The zero-order valence-corrected chi connectivity index (χ0v) is 10.3. The van der Waals surface area contributed by atoms with Crippen molar-refractivity contribution < 1.29 is 22.7 Å². The molecule has 0 spiro atoms. The molecule has 0 unspecified atom stereocenters. The predicted octanol–water partition coefficient (Wildman–Crippen LogP) is 2.81. The molecule has 0 radical (unpaired) electrons.